The number of carbonyl (C=O) groups excluding carboxylic acids is 1. The lowest BCUT2D eigenvalue weighted by Crippen LogP contribution is -2.25. The maximum Gasteiger partial charge on any atom is 0.230 e. The summed E-state index contributed by atoms with van der Waals surface area (Å²) in [4.78, 5) is 23.3. The topological polar surface area (TPSA) is 80.7 Å². The number of rotatable bonds is 8. The zero-order chi connectivity index (χ0) is 20.2. The number of aryl methyl sites for hydroxylation is 1. The maximum atomic E-state index is 11.8. The second kappa shape index (κ2) is 9.52. The number of amides is 1. The molecule has 11 heteroatoms. The number of thioether (sulfide) groups is 1. The molecule has 29 heavy (non-hydrogen) atoms. The van der Waals surface area contributed by atoms with Gasteiger partial charge < -0.3 is 5.32 Å². The summed E-state index contributed by atoms with van der Waals surface area (Å²) in [5, 5.41) is 17.6. The summed E-state index contributed by atoms with van der Waals surface area (Å²) in [6.45, 7) is 4.64. The molecular weight excluding hydrogens is 463 g/mol. The predicted molar refractivity (Wildman–Crippen MR) is 124 cm³/mol. The van der Waals surface area contributed by atoms with Gasteiger partial charge in [0.2, 0.25) is 5.91 Å². The molecule has 0 radical (unpaired) electrons. The van der Waals surface area contributed by atoms with E-state index < -0.39 is 0 Å². The molecule has 0 aliphatic carbocycles. The number of carbonyl (C=O) groups is 1. The molecule has 4 aromatic rings. The minimum atomic E-state index is 0.0215. The van der Waals surface area contributed by atoms with E-state index in [9.17, 15) is 4.79 Å². The molecule has 0 spiro atoms. The van der Waals surface area contributed by atoms with Gasteiger partial charge in [-0.2, -0.15) is 0 Å². The van der Waals surface area contributed by atoms with Gasteiger partial charge in [-0.25, -0.2) is 9.97 Å². The van der Waals surface area contributed by atoms with E-state index in [-0.39, 0.29) is 5.91 Å². The standard InChI is InChI=1S/C18H17N5OS5/c1-3-6-19-13(24)9-27-17-22-23-18(29-17)28-16-14-11(12-5-4-7-25-12)8-26-15(14)20-10(2)21-16/h4-5,7-8H,3,6,9H2,1-2H3,(H,19,24). The van der Waals surface area contributed by atoms with Gasteiger partial charge >= 0.3 is 0 Å². The van der Waals surface area contributed by atoms with Crippen molar-refractivity contribution in [2.75, 3.05) is 12.3 Å². The number of nitrogens with zero attached hydrogens (tertiary/aromatic N) is 4. The van der Waals surface area contributed by atoms with Crippen LogP contribution in [0.4, 0.5) is 0 Å². The van der Waals surface area contributed by atoms with Gasteiger partial charge in [0, 0.05) is 22.4 Å². The molecule has 0 aliphatic heterocycles. The molecule has 4 rings (SSSR count). The van der Waals surface area contributed by atoms with Crippen molar-refractivity contribution in [2.24, 2.45) is 0 Å². The monoisotopic (exact) mass is 479 g/mol. The molecule has 0 bridgehead atoms. The highest BCUT2D eigenvalue weighted by Gasteiger charge is 2.18. The Bertz CT molecular complexity index is 1120. The molecule has 0 saturated carbocycles. The van der Waals surface area contributed by atoms with Gasteiger partial charge in [0.1, 0.15) is 15.7 Å². The van der Waals surface area contributed by atoms with Crippen molar-refractivity contribution in [3.05, 3.63) is 28.7 Å². The lowest BCUT2D eigenvalue weighted by molar-refractivity contribution is -0.118. The van der Waals surface area contributed by atoms with E-state index >= 15 is 0 Å². The average Bonchev–Trinajstić information content (AvgIpc) is 3.44. The molecule has 4 heterocycles. The molecular formula is C18H17N5OS5. The number of hydrogen-bond donors (Lipinski definition) is 1. The van der Waals surface area contributed by atoms with Crippen LogP contribution in [0.1, 0.15) is 19.2 Å². The Labute approximate surface area is 188 Å². The zero-order valence-electron chi connectivity index (χ0n) is 15.7. The van der Waals surface area contributed by atoms with E-state index in [1.807, 2.05) is 13.8 Å². The average molecular weight is 480 g/mol. The van der Waals surface area contributed by atoms with Crippen LogP contribution >= 0.6 is 57.5 Å². The van der Waals surface area contributed by atoms with Crippen LogP contribution in [0.2, 0.25) is 0 Å². The fraction of sp³-hybridized carbons (Fsp3) is 0.278. The van der Waals surface area contributed by atoms with Crippen LogP contribution in [-0.2, 0) is 4.79 Å². The predicted octanol–water partition coefficient (Wildman–Crippen LogP) is 5.35. The van der Waals surface area contributed by atoms with Gasteiger partial charge in [0.05, 0.1) is 11.1 Å². The van der Waals surface area contributed by atoms with Crippen molar-refractivity contribution in [2.45, 2.75) is 34.0 Å². The minimum Gasteiger partial charge on any atom is -0.355 e. The Hall–Kier alpha value is -1.53. The first-order chi connectivity index (χ1) is 14.1. The molecule has 0 fully saturated rings. The summed E-state index contributed by atoms with van der Waals surface area (Å²) < 4.78 is 1.59. The Balaban J connectivity index is 1.55. The Kier molecular flexibility index (Phi) is 6.81. The number of nitrogens with one attached hydrogen (secondary N) is 1. The second-order valence-electron chi connectivity index (χ2n) is 5.96. The largest absolute Gasteiger partial charge is 0.355 e. The molecule has 0 aromatic carbocycles. The highest BCUT2D eigenvalue weighted by molar-refractivity contribution is 8.03. The molecule has 0 atom stereocenters. The quantitative estimate of drug-likeness (QED) is 0.269. The summed E-state index contributed by atoms with van der Waals surface area (Å²) in [6, 6.07) is 4.17. The normalized spacial score (nSPS) is 11.2. The molecule has 4 aromatic heterocycles. The lowest BCUT2D eigenvalue weighted by atomic mass is 10.2. The van der Waals surface area contributed by atoms with E-state index in [1.54, 1.807) is 22.7 Å². The Morgan fingerprint density at radius 2 is 2.07 bits per heavy atom. The van der Waals surface area contributed by atoms with Crippen molar-refractivity contribution in [1.82, 2.24) is 25.5 Å². The third-order valence-electron chi connectivity index (χ3n) is 3.77. The van der Waals surface area contributed by atoms with E-state index in [1.165, 1.54) is 39.7 Å². The molecule has 6 nitrogen and oxygen atoms in total. The number of hydrogen-bond acceptors (Lipinski definition) is 10. The lowest BCUT2D eigenvalue weighted by Gasteiger charge is -2.03. The molecule has 0 aliphatic rings. The third-order valence-corrected chi connectivity index (χ3v) is 8.64. The fourth-order valence-electron chi connectivity index (χ4n) is 2.52. The number of fused-ring (bicyclic) bond motifs is 1. The van der Waals surface area contributed by atoms with Crippen LogP contribution in [0.5, 0.6) is 0 Å². The molecule has 150 valence electrons. The number of thiophene rings is 2. The van der Waals surface area contributed by atoms with Crippen molar-refractivity contribution < 1.29 is 4.79 Å². The summed E-state index contributed by atoms with van der Waals surface area (Å²) in [7, 11) is 0. The van der Waals surface area contributed by atoms with Gasteiger partial charge in [-0.1, -0.05) is 36.1 Å². The van der Waals surface area contributed by atoms with E-state index in [4.69, 9.17) is 0 Å². The van der Waals surface area contributed by atoms with Crippen LogP contribution in [0.15, 0.2) is 36.6 Å². The summed E-state index contributed by atoms with van der Waals surface area (Å²) >= 11 is 7.75. The van der Waals surface area contributed by atoms with Crippen LogP contribution in [0.3, 0.4) is 0 Å². The van der Waals surface area contributed by atoms with Gasteiger partial charge in [0.25, 0.3) is 0 Å². The van der Waals surface area contributed by atoms with E-state index in [0.29, 0.717) is 12.3 Å². The molecule has 0 saturated heterocycles. The first-order valence-corrected chi connectivity index (χ1v) is 13.2. The molecule has 0 unspecified atom stereocenters. The van der Waals surface area contributed by atoms with Gasteiger partial charge in [0.15, 0.2) is 8.68 Å². The van der Waals surface area contributed by atoms with Crippen LogP contribution in [0, 0.1) is 6.92 Å². The molecule has 1 amide bonds. The summed E-state index contributed by atoms with van der Waals surface area (Å²) in [5.41, 5.74) is 1.16. The zero-order valence-corrected chi connectivity index (χ0v) is 19.8. The minimum absolute atomic E-state index is 0.0215. The van der Waals surface area contributed by atoms with Crippen LogP contribution in [0.25, 0.3) is 20.7 Å². The van der Waals surface area contributed by atoms with Gasteiger partial charge in [-0.15, -0.1) is 32.9 Å². The van der Waals surface area contributed by atoms with Gasteiger partial charge in [-0.05, 0) is 36.6 Å². The highest BCUT2D eigenvalue weighted by atomic mass is 32.2. The maximum absolute atomic E-state index is 11.8. The SMILES string of the molecule is CCCNC(=O)CSc1nnc(Sc2nc(C)nc3scc(-c4cccs4)c23)s1. The van der Waals surface area contributed by atoms with Crippen molar-refractivity contribution in [1.29, 1.82) is 0 Å². The summed E-state index contributed by atoms with van der Waals surface area (Å²) in [6.07, 6.45) is 0.929. The fourth-order valence-corrected chi connectivity index (χ4v) is 7.34. The van der Waals surface area contributed by atoms with Crippen LogP contribution < -0.4 is 5.32 Å². The summed E-state index contributed by atoms with van der Waals surface area (Å²) in [5.74, 6) is 1.11. The third kappa shape index (κ3) is 4.97. The van der Waals surface area contributed by atoms with E-state index in [2.05, 4.69) is 48.4 Å². The first kappa shape index (κ1) is 20.7. The van der Waals surface area contributed by atoms with Crippen molar-refractivity contribution >= 4 is 73.7 Å². The van der Waals surface area contributed by atoms with E-state index in [0.717, 1.165) is 41.7 Å². The second-order valence-corrected chi connectivity index (χ2v) is 11.2. The Morgan fingerprint density at radius 1 is 1.21 bits per heavy atom. The highest BCUT2D eigenvalue weighted by Crippen LogP contribution is 2.42. The van der Waals surface area contributed by atoms with Crippen LogP contribution in [-0.4, -0.2) is 38.4 Å². The van der Waals surface area contributed by atoms with Crippen molar-refractivity contribution in [3.63, 3.8) is 0 Å². The Morgan fingerprint density at radius 3 is 2.86 bits per heavy atom. The number of aromatic nitrogens is 4. The van der Waals surface area contributed by atoms with Crippen molar-refractivity contribution in [3.8, 4) is 10.4 Å². The first-order valence-electron chi connectivity index (χ1n) is 8.84. The smallest absolute Gasteiger partial charge is 0.230 e. The van der Waals surface area contributed by atoms with Gasteiger partial charge in [-0.3, -0.25) is 4.79 Å². The molecule has 1 N–H and O–H groups in total.